The summed E-state index contributed by atoms with van der Waals surface area (Å²) in [5.41, 5.74) is 2.86. The monoisotopic (exact) mass is 314 g/mol. The normalized spacial score (nSPS) is 10.9. The fraction of sp³-hybridized carbons (Fsp3) is 0.0455. The van der Waals surface area contributed by atoms with E-state index >= 15 is 0 Å². The molecule has 0 aliphatic carbocycles. The van der Waals surface area contributed by atoms with Crippen molar-refractivity contribution >= 4 is 12.0 Å². The van der Waals surface area contributed by atoms with Gasteiger partial charge in [0.1, 0.15) is 0 Å². The van der Waals surface area contributed by atoms with Gasteiger partial charge in [0.15, 0.2) is 6.10 Å². The van der Waals surface area contributed by atoms with Crippen LogP contribution in [-0.4, -0.2) is 5.97 Å². The fourth-order valence-corrected chi connectivity index (χ4v) is 2.47. The zero-order valence-corrected chi connectivity index (χ0v) is 13.2. The molecule has 0 aliphatic rings. The van der Waals surface area contributed by atoms with E-state index in [1.165, 1.54) is 6.08 Å². The van der Waals surface area contributed by atoms with Crippen LogP contribution in [0.25, 0.3) is 6.08 Å². The fourth-order valence-electron chi connectivity index (χ4n) is 2.47. The van der Waals surface area contributed by atoms with Gasteiger partial charge in [-0.1, -0.05) is 91.0 Å². The van der Waals surface area contributed by atoms with Crippen molar-refractivity contribution in [3.63, 3.8) is 0 Å². The number of esters is 1. The van der Waals surface area contributed by atoms with Crippen LogP contribution in [0.4, 0.5) is 0 Å². The lowest BCUT2D eigenvalue weighted by molar-refractivity contribution is -0.141. The molecule has 2 nitrogen and oxygen atoms in total. The molecule has 0 unspecified atom stereocenters. The maximum atomic E-state index is 12.3. The third-order valence-corrected chi connectivity index (χ3v) is 3.65. The molecule has 0 amide bonds. The number of carbonyl (C=O) groups is 1. The van der Waals surface area contributed by atoms with Gasteiger partial charge in [0.2, 0.25) is 0 Å². The highest BCUT2D eigenvalue weighted by molar-refractivity contribution is 5.87. The molecule has 3 aromatic carbocycles. The summed E-state index contributed by atoms with van der Waals surface area (Å²) in [7, 11) is 0. The molecule has 0 fully saturated rings. The van der Waals surface area contributed by atoms with Crippen LogP contribution in [0.3, 0.4) is 0 Å². The molecule has 3 rings (SSSR count). The molecule has 0 heterocycles. The highest BCUT2D eigenvalue weighted by atomic mass is 16.5. The van der Waals surface area contributed by atoms with Gasteiger partial charge in [0, 0.05) is 6.08 Å². The summed E-state index contributed by atoms with van der Waals surface area (Å²) in [6.07, 6.45) is 2.81. The maximum Gasteiger partial charge on any atom is 0.331 e. The Morgan fingerprint density at radius 3 is 1.67 bits per heavy atom. The Labute approximate surface area is 142 Å². The Kier molecular flexibility index (Phi) is 5.21. The highest BCUT2D eigenvalue weighted by Crippen LogP contribution is 2.26. The minimum Gasteiger partial charge on any atom is -0.449 e. The van der Waals surface area contributed by atoms with Gasteiger partial charge in [-0.05, 0) is 22.8 Å². The molecule has 0 spiro atoms. The zero-order valence-electron chi connectivity index (χ0n) is 13.2. The topological polar surface area (TPSA) is 26.3 Å². The second-order valence-electron chi connectivity index (χ2n) is 5.38. The lowest BCUT2D eigenvalue weighted by Crippen LogP contribution is -2.10. The van der Waals surface area contributed by atoms with Crippen molar-refractivity contribution in [3.8, 4) is 0 Å². The molecule has 0 aliphatic heterocycles. The predicted molar refractivity (Wildman–Crippen MR) is 96.3 cm³/mol. The van der Waals surface area contributed by atoms with E-state index in [0.717, 1.165) is 16.7 Å². The van der Waals surface area contributed by atoms with E-state index in [1.54, 1.807) is 6.08 Å². The van der Waals surface area contributed by atoms with E-state index in [2.05, 4.69) is 0 Å². The van der Waals surface area contributed by atoms with E-state index < -0.39 is 6.10 Å². The summed E-state index contributed by atoms with van der Waals surface area (Å²) in [4.78, 5) is 12.3. The number of rotatable bonds is 5. The van der Waals surface area contributed by atoms with Crippen molar-refractivity contribution in [1.29, 1.82) is 0 Å². The summed E-state index contributed by atoms with van der Waals surface area (Å²) < 4.78 is 5.72. The molecule has 24 heavy (non-hydrogen) atoms. The van der Waals surface area contributed by atoms with Gasteiger partial charge in [-0.2, -0.15) is 0 Å². The SMILES string of the molecule is O=C(/C=C\c1ccccc1)OC(c1ccccc1)c1ccccc1. The predicted octanol–water partition coefficient (Wildman–Crippen LogP) is 5.03. The van der Waals surface area contributed by atoms with Crippen LogP contribution in [0.1, 0.15) is 22.8 Å². The average Bonchev–Trinajstić information content (AvgIpc) is 2.67. The Morgan fingerprint density at radius 1 is 0.708 bits per heavy atom. The smallest absolute Gasteiger partial charge is 0.331 e. The first-order valence-corrected chi connectivity index (χ1v) is 7.86. The van der Waals surface area contributed by atoms with E-state index in [4.69, 9.17) is 4.74 Å². The zero-order chi connectivity index (χ0) is 16.6. The lowest BCUT2D eigenvalue weighted by Gasteiger charge is -2.18. The van der Waals surface area contributed by atoms with Crippen LogP contribution >= 0.6 is 0 Å². The van der Waals surface area contributed by atoms with Crippen LogP contribution in [0.15, 0.2) is 97.1 Å². The molecule has 0 saturated carbocycles. The standard InChI is InChI=1S/C22H18O2/c23-21(17-16-18-10-4-1-5-11-18)24-22(19-12-6-2-7-13-19)20-14-8-3-9-15-20/h1-17,22H/b17-16-. The van der Waals surface area contributed by atoms with Crippen LogP contribution in [0, 0.1) is 0 Å². The van der Waals surface area contributed by atoms with E-state index in [1.807, 2.05) is 91.0 Å². The van der Waals surface area contributed by atoms with Crippen molar-refractivity contribution in [2.45, 2.75) is 6.10 Å². The molecule has 2 heteroatoms. The summed E-state index contributed by atoms with van der Waals surface area (Å²) in [6, 6.07) is 29.2. The quantitative estimate of drug-likeness (QED) is 0.487. The largest absolute Gasteiger partial charge is 0.449 e. The molecule has 0 atom stereocenters. The first kappa shape index (κ1) is 15.8. The number of carbonyl (C=O) groups excluding carboxylic acids is 1. The Morgan fingerprint density at radius 2 is 1.17 bits per heavy atom. The minimum atomic E-state index is -0.416. The van der Waals surface area contributed by atoms with Gasteiger partial charge < -0.3 is 4.74 Å². The number of hydrogen-bond acceptors (Lipinski definition) is 2. The first-order chi connectivity index (χ1) is 11.8. The van der Waals surface area contributed by atoms with E-state index in [0.29, 0.717) is 0 Å². The van der Waals surface area contributed by atoms with Crippen molar-refractivity contribution in [3.05, 3.63) is 114 Å². The molecular weight excluding hydrogens is 296 g/mol. The molecule has 0 aromatic heterocycles. The molecule has 0 bridgehead atoms. The Balaban J connectivity index is 1.80. The lowest BCUT2D eigenvalue weighted by atomic mass is 10.0. The van der Waals surface area contributed by atoms with Crippen LogP contribution in [-0.2, 0) is 9.53 Å². The van der Waals surface area contributed by atoms with Crippen molar-refractivity contribution < 1.29 is 9.53 Å². The third-order valence-electron chi connectivity index (χ3n) is 3.65. The van der Waals surface area contributed by atoms with E-state index in [9.17, 15) is 4.79 Å². The summed E-state index contributed by atoms with van der Waals surface area (Å²) >= 11 is 0. The van der Waals surface area contributed by atoms with Gasteiger partial charge >= 0.3 is 5.97 Å². The van der Waals surface area contributed by atoms with Crippen molar-refractivity contribution in [2.75, 3.05) is 0 Å². The minimum absolute atomic E-state index is 0.364. The number of benzene rings is 3. The maximum absolute atomic E-state index is 12.3. The molecule has 0 N–H and O–H groups in total. The second kappa shape index (κ2) is 7.93. The van der Waals surface area contributed by atoms with Gasteiger partial charge in [-0.15, -0.1) is 0 Å². The van der Waals surface area contributed by atoms with Gasteiger partial charge in [-0.25, -0.2) is 4.79 Å². The Bertz CT molecular complexity index is 754. The van der Waals surface area contributed by atoms with Crippen LogP contribution in [0.5, 0.6) is 0 Å². The van der Waals surface area contributed by atoms with Crippen LogP contribution in [0.2, 0.25) is 0 Å². The van der Waals surface area contributed by atoms with Crippen LogP contribution < -0.4 is 0 Å². The summed E-state index contributed by atoms with van der Waals surface area (Å²) in [5, 5.41) is 0. The van der Waals surface area contributed by atoms with Gasteiger partial charge in [0.25, 0.3) is 0 Å². The highest BCUT2D eigenvalue weighted by Gasteiger charge is 2.17. The second-order valence-corrected chi connectivity index (χ2v) is 5.38. The van der Waals surface area contributed by atoms with Crippen molar-refractivity contribution in [2.24, 2.45) is 0 Å². The number of ether oxygens (including phenoxy) is 1. The van der Waals surface area contributed by atoms with Gasteiger partial charge in [0.05, 0.1) is 0 Å². The van der Waals surface area contributed by atoms with Gasteiger partial charge in [-0.3, -0.25) is 0 Å². The molecular formula is C22H18O2. The summed E-state index contributed by atoms with van der Waals surface area (Å²) in [6.45, 7) is 0. The molecule has 0 radical (unpaired) electrons. The average molecular weight is 314 g/mol. The molecule has 3 aromatic rings. The van der Waals surface area contributed by atoms with E-state index in [-0.39, 0.29) is 5.97 Å². The third kappa shape index (κ3) is 4.20. The molecule has 118 valence electrons. The number of hydrogen-bond donors (Lipinski definition) is 0. The summed E-state index contributed by atoms with van der Waals surface area (Å²) in [5.74, 6) is -0.364. The first-order valence-electron chi connectivity index (χ1n) is 7.86. The Hall–Kier alpha value is -3.13. The molecule has 0 saturated heterocycles. The van der Waals surface area contributed by atoms with Crippen molar-refractivity contribution in [1.82, 2.24) is 0 Å².